The van der Waals surface area contributed by atoms with E-state index >= 15 is 0 Å². The zero-order chi connectivity index (χ0) is 26.6. The van der Waals surface area contributed by atoms with Crippen molar-refractivity contribution in [1.82, 2.24) is 0 Å². The molecular formula is C30H48O6. The number of aliphatic hydroxyl groups excluding tert-OH is 4. The van der Waals surface area contributed by atoms with Gasteiger partial charge >= 0.3 is 5.97 Å². The first-order valence-electron chi connectivity index (χ1n) is 14.3. The highest BCUT2D eigenvalue weighted by molar-refractivity contribution is 5.76. The first-order valence-corrected chi connectivity index (χ1v) is 14.3. The Morgan fingerprint density at radius 2 is 1.61 bits per heavy atom. The van der Waals surface area contributed by atoms with Gasteiger partial charge in [0.15, 0.2) is 0 Å². The average molecular weight is 505 g/mol. The molecule has 0 saturated heterocycles. The van der Waals surface area contributed by atoms with Gasteiger partial charge in [-0.15, -0.1) is 0 Å². The molecule has 0 spiro atoms. The molecular weight excluding hydrogens is 456 g/mol. The number of carbonyl (C=O) groups is 1. The van der Waals surface area contributed by atoms with Gasteiger partial charge in [-0.2, -0.15) is 0 Å². The van der Waals surface area contributed by atoms with Crippen molar-refractivity contribution >= 4 is 5.97 Å². The normalized spacial score (nSPS) is 58.6. The van der Waals surface area contributed by atoms with Gasteiger partial charge in [0, 0.05) is 10.8 Å². The van der Waals surface area contributed by atoms with E-state index in [-0.39, 0.29) is 35.2 Å². The Morgan fingerprint density at radius 3 is 2.22 bits per heavy atom. The van der Waals surface area contributed by atoms with E-state index < -0.39 is 40.5 Å². The number of fused-ring (bicyclic) bond motifs is 7. The van der Waals surface area contributed by atoms with E-state index in [1.807, 2.05) is 6.92 Å². The first kappa shape index (κ1) is 26.6. The van der Waals surface area contributed by atoms with Gasteiger partial charge in [0.05, 0.1) is 24.2 Å². The second kappa shape index (κ2) is 8.03. The molecule has 6 nitrogen and oxygen atoms in total. The number of aliphatic carboxylic acids is 1. The van der Waals surface area contributed by atoms with Crippen LogP contribution in [0.25, 0.3) is 0 Å². The van der Waals surface area contributed by atoms with E-state index in [0.717, 1.165) is 38.5 Å². The Kier molecular flexibility index (Phi) is 5.95. The van der Waals surface area contributed by atoms with Crippen LogP contribution in [0.4, 0.5) is 0 Å². The zero-order valence-corrected chi connectivity index (χ0v) is 23.0. The van der Waals surface area contributed by atoms with Crippen LogP contribution < -0.4 is 0 Å². The summed E-state index contributed by atoms with van der Waals surface area (Å²) in [6, 6.07) is 0. The van der Waals surface area contributed by atoms with E-state index in [9.17, 15) is 30.3 Å². The minimum Gasteiger partial charge on any atom is -0.481 e. The summed E-state index contributed by atoms with van der Waals surface area (Å²) < 4.78 is 0. The monoisotopic (exact) mass is 504 g/mol. The van der Waals surface area contributed by atoms with Crippen LogP contribution >= 0.6 is 0 Å². The smallest absolute Gasteiger partial charge is 0.310 e. The van der Waals surface area contributed by atoms with Crippen molar-refractivity contribution in [3.05, 3.63) is 11.6 Å². The Bertz CT molecular complexity index is 963. The van der Waals surface area contributed by atoms with Crippen LogP contribution in [0.2, 0.25) is 0 Å². The largest absolute Gasteiger partial charge is 0.481 e. The SMILES string of the molecule is C[C@@H]1CC[C@]2(C(=O)O)CC[C@]3(C)C(=CC[C@@H]4[C@]5(C)C(CC[C@]43C)[C@@](C)(CO)[C@H](O)[C@H](O)[C@H]5O)C2[C@H]1C. The fourth-order valence-corrected chi connectivity index (χ4v) is 10.9. The van der Waals surface area contributed by atoms with E-state index in [1.54, 1.807) is 0 Å². The van der Waals surface area contributed by atoms with Crippen molar-refractivity contribution in [1.29, 1.82) is 0 Å². The maximum Gasteiger partial charge on any atom is 0.310 e. The third-order valence-corrected chi connectivity index (χ3v) is 13.7. The second-order valence-electron chi connectivity index (χ2n) is 14.5. The molecule has 5 aliphatic rings. The fraction of sp³-hybridized carbons (Fsp3) is 0.900. The molecule has 5 rings (SSSR count). The van der Waals surface area contributed by atoms with Gasteiger partial charge in [0.1, 0.15) is 6.10 Å². The minimum atomic E-state index is -1.31. The molecule has 5 N–H and O–H groups in total. The van der Waals surface area contributed by atoms with Crippen LogP contribution in [-0.4, -0.2) is 56.4 Å². The van der Waals surface area contributed by atoms with E-state index in [0.29, 0.717) is 18.3 Å². The van der Waals surface area contributed by atoms with E-state index in [1.165, 1.54) is 5.57 Å². The third kappa shape index (κ3) is 2.85. The molecule has 0 aromatic rings. The molecule has 6 heteroatoms. The molecule has 13 atom stereocenters. The van der Waals surface area contributed by atoms with Crippen molar-refractivity contribution < 1.29 is 30.3 Å². The average Bonchev–Trinajstić information content (AvgIpc) is 2.84. The molecule has 36 heavy (non-hydrogen) atoms. The van der Waals surface area contributed by atoms with Crippen LogP contribution in [0.3, 0.4) is 0 Å². The molecule has 4 fully saturated rings. The minimum absolute atomic E-state index is 0.0206. The maximum atomic E-state index is 12.8. The summed E-state index contributed by atoms with van der Waals surface area (Å²) in [4.78, 5) is 12.8. The quantitative estimate of drug-likeness (QED) is 0.363. The predicted octanol–water partition coefficient (Wildman–Crippen LogP) is 4.00. The molecule has 0 bridgehead atoms. The van der Waals surface area contributed by atoms with E-state index in [4.69, 9.17) is 0 Å². The number of carboxylic acids is 1. The van der Waals surface area contributed by atoms with Crippen molar-refractivity contribution in [2.45, 2.75) is 105 Å². The highest BCUT2D eigenvalue weighted by atomic mass is 16.4. The van der Waals surface area contributed by atoms with Gasteiger partial charge in [-0.1, -0.05) is 53.2 Å². The summed E-state index contributed by atoms with van der Waals surface area (Å²) in [7, 11) is 0. The van der Waals surface area contributed by atoms with Gasteiger partial charge in [-0.3, -0.25) is 4.79 Å². The van der Waals surface area contributed by atoms with Crippen molar-refractivity contribution in [3.63, 3.8) is 0 Å². The lowest BCUT2D eigenvalue weighted by Crippen LogP contribution is -2.73. The lowest BCUT2D eigenvalue weighted by Gasteiger charge is -2.72. The Balaban J connectivity index is 1.65. The Hall–Kier alpha value is -0.950. The van der Waals surface area contributed by atoms with Crippen LogP contribution in [-0.2, 0) is 4.79 Å². The third-order valence-electron chi connectivity index (χ3n) is 13.7. The fourth-order valence-electron chi connectivity index (χ4n) is 10.9. The van der Waals surface area contributed by atoms with Crippen LogP contribution in [0, 0.1) is 56.7 Å². The summed E-state index contributed by atoms with van der Waals surface area (Å²) in [5.74, 6) is 0.0710. The lowest BCUT2D eigenvalue weighted by molar-refractivity contribution is -0.287. The first-order chi connectivity index (χ1) is 16.7. The molecule has 0 aliphatic heterocycles. The standard InChI is InChI=1S/C30H48O6/c1-16-9-12-30(25(35)36)14-13-27(4)18(21(30)17(16)2)7-8-20-28(27,5)11-10-19-26(3,15-31)23(33)22(32)24(34)29(19,20)6/h7,16-17,19-24,31-34H,8-15H2,1-6H3,(H,35,36)/t16-,17+,19?,20+,21?,22+,23-,24-,26-,27-,28-,29+,30+/m1/s1. The molecule has 0 radical (unpaired) electrons. The lowest BCUT2D eigenvalue weighted by atomic mass is 9.32. The van der Waals surface area contributed by atoms with Gasteiger partial charge in [-0.25, -0.2) is 0 Å². The van der Waals surface area contributed by atoms with Gasteiger partial charge in [0.25, 0.3) is 0 Å². The molecule has 4 saturated carbocycles. The number of aliphatic hydroxyl groups is 4. The molecule has 204 valence electrons. The van der Waals surface area contributed by atoms with Crippen LogP contribution in [0.5, 0.6) is 0 Å². The number of allylic oxidation sites excluding steroid dienone is 2. The van der Waals surface area contributed by atoms with E-state index in [2.05, 4.69) is 40.7 Å². The molecule has 5 aliphatic carbocycles. The summed E-state index contributed by atoms with van der Waals surface area (Å²) in [5.41, 5.74) is -1.32. The summed E-state index contributed by atoms with van der Waals surface area (Å²) >= 11 is 0. The summed E-state index contributed by atoms with van der Waals surface area (Å²) in [6.07, 6.45) is 4.32. The maximum absolute atomic E-state index is 12.8. The topological polar surface area (TPSA) is 118 Å². The van der Waals surface area contributed by atoms with Crippen LogP contribution in [0.1, 0.15) is 86.5 Å². The Labute approximate surface area is 216 Å². The van der Waals surface area contributed by atoms with Crippen LogP contribution in [0.15, 0.2) is 11.6 Å². The summed E-state index contributed by atoms with van der Waals surface area (Å²) in [5, 5.41) is 54.5. The molecule has 0 aromatic carbocycles. The number of carboxylic acid groups (broad SMARTS) is 1. The summed E-state index contributed by atoms with van der Waals surface area (Å²) in [6.45, 7) is 12.9. The van der Waals surface area contributed by atoms with Crippen molar-refractivity contribution in [2.75, 3.05) is 6.61 Å². The van der Waals surface area contributed by atoms with Gasteiger partial charge in [-0.05, 0) is 85.4 Å². The predicted molar refractivity (Wildman–Crippen MR) is 137 cm³/mol. The number of rotatable bonds is 2. The van der Waals surface area contributed by atoms with Gasteiger partial charge < -0.3 is 25.5 Å². The molecule has 0 heterocycles. The van der Waals surface area contributed by atoms with Crippen molar-refractivity contribution in [2.24, 2.45) is 56.7 Å². The van der Waals surface area contributed by atoms with Gasteiger partial charge in [0.2, 0.25) is 0 Å². The zero-order valence-electron chi connectivity index (χ0n) is 23.0. The number of hydrogen-bond acceptors (Lipinski definition) is 5. The number of hydrogen-bond donors (Lipinski definition) is 5. The Morgan fingerprint density at radius 1 is 0.944 bits per heavy atom. The van der Waals surface area contributed by atoms with Crippen molar-refractivity contribution in [3.8, 4) is 0 Å². The second-order valence-corrected chi connectivity index (χ2v) is 14.5. The highest BCUT2D eigenvalue weighted by Gasteiger charge is 2.72. The molecule has 2 unspecified atom stereocenters. The highest BCUT2D eigenvalue weighted by Crippen LogP contribution is 2.75. The molecule has 0 aromatic heterocycles. The molecule has 0 amide bonds.